The van der Waals surface area contributed by atoms with Gasteiger partial charge in [0.15, 0.2) is 0 Å². The minimum atomic E-state index is -3.40. The Hall–Kier alpha value is -3.33. The Morgan fingerprint density at radius 1 is 0.600 bits per heavy atom. The van der Waals surface area contributed by atoms with E-state index in [-0.39, 0.29) is 11.6 Å². The molecule has 3 aromatic carbocycles. The molecule has 7 heteroatoms. The molecule has 0 saturated carbocycles. The molecule has 3 rings (SSSR count). The summed E-state index contributed by atoms with van der Waals surface area (Å²) in [5, 5.41) is 0. The van der Waals surface area contributed by atoms with Crippen molar-refractivity contribution in [2.75, 3.05) is 0 Å². The van der Waals surface area contributed by atoms with Gasteiger partial charge in [-0.05, 0) is 0 Å². The van der Waals surface area contributed by atoms with Crippen molar-refractivity contribution < 1.29 is 25.3 Å². The van der Waals surface area contributed by atoms with Gasteiger partial charge >= 0.3 is 214 Å². The maximum absolute atomic E-state index is 13.3. The summed E-state index contributed by atoms with van der Waals surface area (Å²) in [5.41, 5.74) is 2.23. The molecule has 0 heterocycles. The van der Waals surface area contributed by atoms with Gasteiger partial charge < -0.3 is 0 Å². The molecule has 0 aliphatic heterocycles. The van der Waals surface area contributed by atoms with Crippen molar-refractivity contribution in [1.29, 1.82) is 0 Å². The Bertz CT molecular complexity index is 1130. The summed E-state index contributed by atoms with van der Waals surface area (Å²) >= 11 is -3.40. The van der Waals surface area contributed by atoms with E-state index in [0.29, 0.717) is 25.8 Å². The second-order valence-electron chi connectivity index (χ2n) is 8.01. The average Bonchev–Trinajstić information content (AvgIpc) is 2.86. The summed E-state index contributed by atoms with van der Waals surface area (Å²) in [7, 11) is 0. The van der Waals surface area contributed by atoms with Crippen LogP contribution in [0.3, 0.4) is 0 Å². The van der Waals surface area contributed by atoms with E-state index in [0.717, 1.165) is 0 Å². The normalized spacial score (nSPS) is 12.7. The molecule has 35 heavy (non-hydrogen) atoms. The Kier molecular flexibility index (Phi) is 8.92. The van der Waals surface area contributed by atoms with Gasteiger partial charge in [-0.25, -0.2) is 0 Å². The van der Waals surface area contributed by atoms with E-state index in [1.165, 1.54) is 13.8 Å². The summed E-state index contributed by atoms with van der Waals surface area (Å²) in [6.07, 6.45) is 0. The Morgan fingerprint density at radius 2 is 0.971 bits per heavy atom. The Morgan fingerprint density at radius 3 is 1.31 bits per heavy atom. The summed E-state index contributed by atoms with van der Waals surface area (Å²) in [6, 6.07) is 23.0. The van der Waals surface area contributed by atoms with Gasteiger partial charge in [-0.15, -0.1) is 0 Å². The molecule has 182 valence electrons. The number of hydrogen-bond donors (Lipinski definition) is 0. The van der Waals surface area contributed by atoms with Gasteiger partial charge in [-0.2, -0.15) is 0 Å². The first-order chi connectivity index (χ1) is 16.7. The molecular formula is C28H27IO6. The van der Waals surface area contributed by atoms with Gasteiger partial charge in [0.05, 0.1) is 0 Å². The van der Waals surface area contributed by atoms with Crippen LogP contribution in [0.2, 0.25) is 0 Å². The van der Waals surface area contributed by atoms with Gasteiger partial charge in [0.25, 0.3) is 0 Å². The fourth-order valence-corrected chi connectivity index (χ4v) is 7.66. The minimum absolute atomic E-state index is 0.132. The number of rotatable bonds is 9. The molecule has 0 radical (unpaired) electrons. The SMILES string of the molecule is CC(=O)OI(OC(C)=O)c1c([C@@H](C)C(=O)c2ccccc2)cccc1[C@@H](C)C(=O)c1ccccc1. The average molecular weight is 586 g/mol. The van der Waals surface area contributed by atoms with Crippen molar-refractivity contribution in [1.82, 2.24) is 0 Å². The molecule has 0 bridgehead atoms. The molecule has 0 amide bonds. The van der Waals surface area contributed by atoms with Crippen molar-refractivity contribution in [2.24, 2.45) is 0 Å². The van der Waals surface area contributed by atoms with Crippen LogP contribution in [0.1, 0.15) is 71.4 Å². The first-order valence-corrected chi connectivity index (χ1v) is 13.9. The Labute approximate surface area is 213 Å². The molecule has 0 aliphatic carbocycles. The zero-order chi connectivity index (χ0) is 25.5. The summed E-state index contributed by atoms with van der Waals surface area (Å²) in [5.74, 6) is -2.71. The predicted molar refractivity (Wildman–Crippen MR) is 141 cm³/mol. The molecule has 0 fully saturated rings. The second-order valence-corrected chi connectivity index (χ2v) is 11.2. The number of carbonyl (C=O) groups is 4. The molecule has 0 aromatic heterocycles. The van der Waals surface area contributed by atoms with Crippen LogP contribution < -0.4 is 0 Å². The van der Waals surface area contributed by atoms with E-state index in [2.05, 4.69) is 0 Å². The van der Waals surface area contributed by atoms with Crippen molar-refractivity contribution in [2.45, 2.75) is 39.5 Å². The van der Waals surface area contributed by atoms with E-state index < -0.39 is 44.4 Å². The third kappa shape index (κ3) is 6.42. The zero-order valence-corrected chi connectivity index (χ0v) is 22.1. The van der Waals surface area contributed by atoms with E-state index in [9.17, 15) is 19.2 Å². The van der Waals surface area contributed by atoms with E-state index in [1.54, 1.807) is 80.6 Å². The third-order valence-electron chi connectivity index (χ3n) is 5.41. The molecule has 2 atom stereocenters. The van der Waals surface area contributed by atoms with E-state index >= 15 is 0 Å². The number of hydrogen-bond acceptors (Lipinski definition) is 6. The molecule has 0 N–H and O–H groups in total. The van der Waals surface area contributed by atoms with Crippen LogP contribution >= 0.6 is 20.6 Å². The fourth-order valence-electron chi connectivity index (χ4n) is 3.69. The standard InChI is InChI=1S/C28H27IO6/c1-18(27(32)22-12-7-5-8-13-22)24-16-11-17-25(19(2)28(33)23-14-9-6-10-15-23)26(24)29(34-20(3)30)35-21(4)31/h5-19H,1-4H3/t18-,19-/m1/s1. The van der Waals surface area contributed by atoms with Crippen LogP contribution in [0.25, 0.3) is 0 Å². The Balaban J connectivity index is 2.17. The zero-order valence-electron chi connectivity index (χ0n) is 20.0. The van der Waals surface area contributed by atoms with Crippen molar-refractivity contribution in [3.8, 4) is 0 Å². The second kappa shape index (κ2) is 11.9. The third-order valence-corrected chi connectivity index (χ3v) is 9.57. The number of Topliss-reactive ketones (excluding diaryl/α,β-unsaturated/α-hetero) is 2. The first kappa shape index (κ1) is 26.3. The predicted octanol–water partition coefficient (Wildman–Crippen LogP) is 6.29. The number of carbonyl (C=O) groups excluding carboxylic acids is 4. The van der Waals surface area contributed by atoms with Gasteiger partial charge in [0.2, 0.25) is 0 Å². The van der Waals surface area contributed by atoms with Crippen molar-refractivity contribution >= 4 is 44.2 Å². The van der Waals surface area contributed by atoms with Gasteiger partial charge in [-0.1, -0.05) is 0 Å². The monoisotopic (exact) mass is 586 g/mol. The number of halogens is 1. The molecule has 0 unspecified atom stereocenters. The van der Waals surface area contributed by atoms with Gasteiger partial charge in [0.1, 0.15) is 0 Å². The van der Waals surface area contributed by atoms with Crippen LogP contribution in [0, 0.1) is 3.57 Å². The number of ketones is 2. The van der Waals surface area contributed by atoms with Crippen LogP contribution in [0.4, 0.5) is 0 Å². The number of benzene rings is 3. The van der Waals surface area contributed by atoms with Crippen molar-refractivity contribution in [3.63, 3.8) is 0 Å². The molecular weight excluding hydrogens is 559 g/mol. The molecule has 3 aromatic rings. The molecule has 0 spiro atoms. The van der Waals surface area contributed by atoms with Crippen LogP contribution in [-0.4, -0.2) is 23.5 Å². The molecule has 6 nitrogen and oxygen atoms in total. The van der Waals surface area contributed by atoms with Crippen molar-refractivity contribution in [3.05, 3.63) is 105 Å². The van der Waals surface area contributed by atoms with Gasteiger partial charge in [-0.3, -0.25) is 0 Å². The molecule has 0 aliphatic rings. The quantitative estimate of drug-likeness (QED) is 0.216. The molecule has 0 saturated heterocycles. The van der Waals surface area contributed by atoms with E-state index in [4.69, 9.17) is 6.13 Å². The van der Waals surface area contributed by atoms with Crippen LogP contribution in [0.15, 0.2) is 78.9 Å². The fraction of sp³-hybridized carbons (Fsp3) is 0.214. The van der Waals surface area contributed by atoms with Crippen LogP contribution in [0.5, 0.6) is 0 Å². The topological polar surface area (TPSA) is 86.7 Å². The first-order valence-electron chi connectivity index (χ1n) is 11.1. The summed E-state index contributed by atoms with van der Waals surface area (Å²) < 4.78 is 11.6. The van der Waals surface area contributed by atoms with Gasteiger partial charge in [0, 0.05) is 0 Å². The van der Waals surface area contributed by atoms with E-state index in [1.807, 2.05) is 12.1 Å². The summed E-state index contributed by atoms with van der Waals surface area (Å²) in [6.45, 7) is 6.01. The summed E-state index contributed by atoms with van der Waals surface area (Å²) in [4.78, 5) is 50.6. The maximum atomic E-state index is 13.3. The van der Waals surface area contributed by atoms with Crippen LogP contribution in [-0.2, 0) is 15.7 Å².